The molecule has 122 valence electrons. The Bertz CT molecular complexity index is 777. The molecule has 1 aromatic heterocycles. The van der Waals surface area contributed by atoms with E-state index in [1.807, 2.05) is 4.90 Å². The number of hydrogen-bond donors (Lipinski definition) is 0. The van der Waals surface area contributed by atoms with Gasteiger partial charge in [-0.25, -0.2) is 4.68 Å². The van der Waals surface area contributed by atoms with E-state index in [9.17, 15) is 18.0 Å². The highest BCUT2D eigenvalue weighted by Crippen LogP contribution is 2.30. The Morgan fingerprint density at radius 2 is 1.83 bits per heavy atom. The largest absolute Gasteiger partial charge is 0.416 e. The standard InChI is InChI=1S/C16H16F3N3O/c1-11-9-14(23)15(21-7-2-3-8-21)20-22(11)13-6-4-5-12(10-13)16(17,18)19/h4-6,9-10H,2-3,7-8H2,1H3. The Labute approximate surface area is 131 Å². The second-order valence-corrected chi connectivity index (χ2v) is 5.63. The predicted octanol–water partition coefficient (Wildman–Crippen LogP) is 3.16. The molecule has 1 aliphatic rings. The van der Waals surface area contributed by atoms with Crippen LogP contribution in [0.5, 0.6) is 0 Å². The minimum Gasteiger partial charge on any atom is -0.352 e. The van der Waals surface area contributed by atoms with E-state index in [0.29, 0.717) is 11.5 Å². The van der Waals surface area contributed by atoms with Crippen LogP contribution in [0.3, 0.4) is 0 Å². The molecule has 23 heavy (non-hydrogen) atoms. The first-order chi connectivity index (χ1) is 10.9. The normalized spacial score (nSPS) is 15.2. The monoisotopic (exact) mass is 323 g/mol. The molecule has 0 bridgehead atoms. The van der Waals surface area contributed by atoms with Gasteiger partial charge in [-0.1, -0.05) is 6.07 Å². The minimum atomic E-state index is -4.42. The van der Waals surface area contributed by atoms with Gasteiger partial charge in [-0.15, -0.1) is 5.10 Å². The van der Waals surface area contributed by atoms with Crippen LogP contribution in [0, 0.1) is 6.92 Å². The van der Waals surface area contributed by atoms with Crippen molar-refractivity contribution in [1.82, 2.24) is 9.78 Å². The lowest BCUT2D eigenvalue weighted by atomic mass is 10.2. The van der Waals surface area contributed by atoms with Crippen molar-refractivity contribution in [2.75, 3.05) is 18.0 Å². The molecule has 1 aliphatic heterocycles. The number of aromatic nitrogens is 2. The molecule has 1 saturated heterocycles. The quantitative estimate of drug-likeness (QED) is 0.852. The Hall–Kier alpha value is -2.31. The summed E-state index contributed by atoms with van der Waals surface area (Å²) in [7, 11) is 0. The van der Waals surface area contributed by atoms with Crippen LogP contribution in [-0.4, -0.2) is 22.9 Å². The molecule has 0 amide bonds. The van der Waals surface area contributed by atoms with Crippen molar-refractivity contribution in [3.63, 3.8) is 0 Å². The summed E-state index contributed by atoms with van der Waals surface area (Å²) in [4.78, 5) is 14.0. The lowest BCUT2D eigenvalue weighted by molar-refractivity contribution is -0.137. The molecule has 7 heteroatoms. The third kappa shape index (κ3) is 3.09. The van der Waals surface area contributed by atoms with E-state index < -0.39 is 11.7 Å². The molecule has 1 aromatic carbocycles. The lowest BCUT2D eigenvalue weighted by Gasteiger charge is -2.18. The molecule has 0 atom stereocenters. The average molecular weight is 323 g/mol. The number of halogens is 3. The van der Waals surface area contributed by atoms with E-state index >= 15 is 0 Å². The Morgan fingerprint density at radius 3 is 2.48 bits per heavy atom. The van der Waals surface area contributed by atoms with Gasteiger partial charge in [0.2, 0.25) is 5.43 Å². The molecule has 4 nitrogen and oxygen atoms in total. The first-order valence-corrected chi connectivity index (χ1v) is 7.40. The molecule has 0 unspecified atom stereocenters. The summed E-state index contributed by atoms with van der Waals surface area (Å²) in [5, 5.41) is 4.31. The summed E-state index contributed by atoms with van der Waals surface area (Å²) < 4.78 is 40.0. The summed E-state index contributed by atoms with van der Waals surface area (Å²) in [6.07, 6.45) is -2.45. The fourth-order valence-electron chi connectivity index (χ4n) is 2.76. The summed E-state index contributed by atoms with van der Waals surface area (Å²) in [6.45, 7) is 3.14. The number of nitrogens with zero attached hydrogens (tertiary/aromatic N) is 3. The van der Waals surface area contributed by atoms with Gasteiger partial charge in [-0.05, 0) is 38.0 Å². The van der Waals surface area contributed by atoms with Crippen molar-refractivity contribution in [2.45, 2.75) is 25.9 Å². The van der Waals surface area contributed by atoms with Crippen LogP contribution < -0.4 is 10.3 Å². The van der Waals surface area contributed by atoms with Crippen LogP contribution in [0.15, 0.2) is 35.1 Å². The highest BCUT2D eigenvalue weighted by molar-refractivity contribution is 5.43. The fourth-order valence-corrected chi connectivity index (χ4v) is 2.76. The van der Waals surface area contributed by atoms with Gasteiger partial charge in [0.05, 0.1) is 11.3 Å². The fraction of sp³-hybridized carbons (Fsp3) is 0.375. The van der Waals surface area contributed by atoms with Gasteiger partial charge < -0.3 is 4.90 Å². The number of rotatable bonds is 2. The van der Waals surface area contributed by atoms with Gasteiger partial charge in [-0.2, -0.15) is 13.2 Å². The summed E-state index contributed by atoms with van der Waals surface area (Å²) in [5.41, 5.74) is -0.153. The Morgan fingerprint density at radius 1 is 1.13 bits per heavy atom. The van der Waals surface area contributed by atoms with Crippen LogP contribution in [0.2, 0.25) is 0 Å². The topological polar surface area (TPSA) is 38.1 Å². The zero-order valence-corrected chi connectivity index (χ0v) is 12.6. The Balaban J connectivity index is 2.09. The first kappa shape index (κ1) is 15.6. The van der Waals surface area contributed by atoms with Crippen molar-refractivity contribution >= 4 is 5.82 Å². The number of hydrogen-bond acceptors (Lipinski definition) is 3. The zero-order chi connectivity index (χ0) is 16.6. The van der Waals surface area contributed by atoms with Gasteiger partial charge >= 0.3 is 6.18 Å². The van der Waals surface area contributed by atoms with Crippen LogP contribution >= 0.6 is 0 Å². The molecular formula is C16H16F3N3O. The SMILES string of the molecule is Cc1cc(=O)c(N2CCCC2)nn1-c1cccc(C(F)(F)F)c1. The summed E-state index contributed by atoms with van der Waals surface area (Å²) in [6, 6.07) is 6.36. The highest BCUT2D eigenvalue weighted by atomic mass is 19.4. The van der Waals surface area contributed by atoms with Crippen LogP contribution in [0.25, 0.3) is 5.69 Å². The van der Waals surface area contributed by atoms with Crippen molar-refractivity contribution < 1.29 is 13.2 Å². The van der Waals surface area contributed by atoms with E-state index in [-0.39, 0.29) is 11.1 Å². The van der Waals surface area contributed by atoms with Crippen molar-refractivity contribution in [1.29, 1.82) is 0 Å². The van der Waals surface area contributed by atoms with Crippen LogP contribution in [-0.2, 0) is 6.18 Å². The third-order valence-electron chi connectivity index (χ3n) is 3.91. The van der Waals surface area contributed by atoms with Crippen molar-refractivity contribution in [3.05, 3.63) is 51.8 Å². The van der Waals surface area contributed by atoms with Gasteiger partial charge in [-0.3, -0.25) is 4.79 Å². The number of aryl methyl sites for hydroxylation is 1. The molecule has 2 heterocycles. The summed E-state index contributed by atoms with van der Waals surface area (Å²) in [5.74, 6) is 0.297. The van der Waals surface area contributed by atoms with Gasteiger partial charge in [0.1, 0.15) is 0 Å². The van der Waals surface area contributed by atoms with Gasteiger partial charge in [0.25, 0.3) is 0 Å². The maximum absolute atomic E-state index is 12.9. The van der Waals surface area contributed by atoms with E-state index in [2.05, 4.69) is 5.10 Å². The third-order valence-corrected chi connectivity index (χ3v) is 3.91. The molecular weight excluding hydrogens is 307 g/mol. The molecule has 1 fully saturated rings. The van der Waals surface area contributed by atoms with Crippen molar-refractivity contribution in [3.8, 4) is 5.69 Å². The molecule has 0 N–H and O–H groups in total. The van der Waals surface area contributed by atoms with Gasteiger partial charge in [0, 0.05) is 24.8 Å². The lowest BCUT2D eigenvalue weighted by Crippen LogP contribution is -2.28. The Kier molecular flexibility index (Phi) is 3.87. The average Bonchev–Trinajstić information content (AvgIpc) is 3.00. The highest BCUT2D eigenvalue weighted by Gasteiger charge is 2.30. The molecule has 2 aromatic rings. The molecule has 0 radical (unpaired) electrons. The number of anilines is 1. The number of alkyl halides is 3. The van der Waals surface area contributed by atoms with E-state index in [0.717, 1.165) is 38.1 Å². The molecule has 3 rings (SSSR count). The van der Waals surface area contributed by atoms with E-state index in [4.69, 9.17) is 0 Å². The van der Waals surface area contributed by atoms with Crippen LogP contribution in [0.1, 0.15) is 24.1 Å². The maximum atomic E-state index is 12.9. The number of benzene rings is 1. The van der Waals surface area contributed by atoms with Crippen molar-refractivity contribution in [2.24, 2.45) is 0 Å². The van der Waals surface area contributed by atoms with Crippen LogP contribution in [0.4, 0.5) is 19.0 Å². The first-order valence-electron chi connectivity index (χ1n) is 7.40. The molecule has 0 spiro atoms. The summed E-state index contributed by atoms with van der Waals surface area (Å²) >= 11 is 0. The second-order valence-electron chi connectivity index (χ2n) is 5.63. The maximum Gasteiger partial charge on any atom is 0.416 e. The van der Waals surface area contributed by atoms with E-state index in [1.165, 1.54) is 16.8 Å². The van der Waals surface area contributed by atoms with Gasteiger partial charge in [0.15, 0.2) is 5.82 Å². The second kappa shape index (κ2) is 5.72. The van der Waals surface area contributed by atoms with E-state index in [1.54, 1.807) is 13.0 Å². The molecule has 0 saturated carbocycles. The smallest absolute Gasteiger partial charge is 0.352 e. The predicted molar refractivity (Wildman–Crippen MR) is 81.0 cm³/mol. The molecule has 0 aliphatic carbocycles. The zero-order valence-electron chi connectivity index (χ0n) is 12.6. The minimum absolute atomic E-state index is 0.201.